The first-order chi connectivity index (χ1) is 9.39. The van der Waals surface area contributed by atoms with Crippen LogP contribution >= 0.6 is 15.9 Å². The lowest BCUT2D eigenvalue weighted by Crippen LogP contribution is -2.34. The molecule has 0 radical (unpaired) electrons. The standard InChI is InChI=1S/C15H22BrNO3/c1-15(2,7-4-8-16)10-17-14(19)11-5-6-13(20-3)12(18)9-11/h5-6,9,18H,4,7-8,10H2,1-3H3,(H,17,19). The van der Waals surface area contributed by atoms with Crippen molar-refractivity contribution >= 4 is 21.8 Å². The Hall–Kier alpha value is -1.23. The van der Waals surface area contributed by atoms with Gasteiger partial charge in [0.05, 0.1) is 7.11 Å². The molecule has 1 rings (SSSR count). The van der Waals surface area contributed by atoms with Crippen LogP contribution in [0.25, 0.3) is 0 Å². The largest absolute Gasteiger partial charge is 0.504 e. The first-order valence-corrected chi connectivity index (χ1v) is 7.73. The summed E-state index contributed by atoms with van der Waals surface area (Å²) in [6.45, 7) is 4.86. The van der Waals surface area contributed by atoms with E-state index in [1.54, 1.807) is 12.1 Å². The molecular formula is C15H22BrNO3. The number of amides is 1. The number of methoxy groups -OCH3 is 1. The van der Waals surface area contributed by atoms with E-state index in [4.69, 9.17) is 4.74 Å². The number of carbonyl (C=O) groups is 1. The highest BCUT2D eigenvalue weighted by Gasteiger charge is 2.19. The Morgan fingerprint density at radius 1 is 1.45 bits per heavy atom. The summed E-state index contributed by atoms with van der Waals surface area (Å²) >= 11 is 3.41. The monoisotopic (exact) mass is 343 g/mol. The van der Waals surface area contributed by atoms with Crippen LogP contribution in [0.15, 0.2) is 18.2 Å². The number of benzene rings is 1. The number of hydrogen-bond acceptors (Lipinski definition) is 3. The normalized spacial score (nSPS) is 11.2. The number of ether oxygens (including phenoxy) is 1. The number of carbonyl (C=O) groups excluding carboxylic acids is 1. The molecule has 0 bridgehead atoms. The zero-order chi connectivity index (χ0) is 15.2. The molecule has 0 saturated heterocycles. The predicted octanol–water partition coefficient (Wildman–Crippen LogP) is 3.33. The SMILES string of the molecule is COc1ccc(C(=O)NCC(C)(C)CCCBr)cc1O. The molecule has 0 saturated carbocycles. The van der Waals surface area contributed by atoms with E-state index >= 15 is 0 Å². The average molecular weight is 344 g/mol. The Balaban J connectivity index is 2.61. The summed E-state index contributed by atoms with van der Waals surface area (Å²) in [5.74, 6) is 0.146. The molecule has 0 aliphatic rings. The zero-order valence-corrected chi connectivity index (χ0v) is 13.8. The summed E-state index contributed by atoms with van der Waals surface area (Å²) in [6, 6.07) is 4.64. The number of nitrogens with one attached hydrogen (secondary N) is 1. The van der Waals surface area contributed by atoms with Gasteiger partial charge in [-0.1, -0.05) is 29.8 Å². The number of halogens is 1. The van der Waals surface area contributed by atoms with Crippen LogP contribution in [0, 0.1) is 5.41 Å². The molecule has 4 nitrogen and oxygen atoms in total. The van der Waals surface area contributed by atoms with Crippen LogP contribution in [0.1, 0.15) is 37.0 Å². The van der Waals surface area contributed by atoms with Crippen LogP contribution in [-0.4, -0.2) is 30.0 Å². The number of hydrogen-bond donors (Lipinski definition) is 2. The predicted molar refractivity (Wildman–Crippen MR) is 83.8 cm³/mol. The number of phenolic OH excluding ortho intramolecular Hbond substituents is 1. The van der Waals surface area contributed by atoms with E-state index in [1.165, 1.54) is 13.2 Å². The van der Waals surface area contributed by atoms with Crippen LogP contribution < -0.4 is 10.1 Å². The molecule has 112 valence electrons. The van der Waals surface area contributed by atoms with Crippen molar-refractivity contribution in [3.63, 3.8) is 0 Å². The van der Waals surface area contributed by atoms with Gasteiger partial charge in [-0.2, -0.15) is 0 Å². The summed E-state index contributed by atoms with van der Waals surface area (Å²) in [6.07, 6.45) is 2.11. The Labute approximate surface area is 128 Å². The van der Waals surface area contributed by atoms with Crippen molar-refractivity contribution in [1.82, 2.24) is 5.32 Å². The van der Waals surface area contributed by atoms with E-state index in [-0.39, 0.29) is 17.1 Å². The third-order valence-electron chi connectivity index (χ3n) is 3.16. The highest BCUT2D eigenvalue weighted by molar-refractivity contribution is 9.09. The molecule has 20 heavy (non-hydrogen) atoms. The maximum atomic E-state index is 12.0. The van der Waals surface area contributed by atoms with Crippen LogP contribution in [0.2, 0.25) is 0 Å². The van der Waals surface area contributed by atoms with Gasteiger partial charge in [-0.15, -0.1) is 0 Å². The van der Waals surface area contributed by atoms with E-state index in [9.17, 15) is 9.90 Å². The second-order valence-corrected chi connectivity index (χ2v) is 6.32. The summed E-state index contributed by atoms with van der Waals surface area (Å²) in [5.41, 5.74) is 0.484. The Morgan fingerprint density at radius 2 is 2.15 bits per heavy atom. The van der Waals surface area contributed by atoms with Crippen molar-refractivity contribution in [2.24, 2.45) is 5.41 Å². The van der Waals surface area contributed by atoms with Gasteiger partial charge in [0.2, 0.25) is 0 Å². The van der Waals surface area contributed by atoms with Crippen molar-refractivity contribution in [2.75, 3.05) is 19.0 Å². The molecule has 0 unspecified atom stereocenters. The molecule has 1 aromatic rings. The molecule has 0 aliphatic heterocycles. The molecule has 1 amide bonds. The van der Waals surface area contributed by atoms with Gasteiger partial charge in [0, 0.05) is 17.4 Å². The van der Waals surface area contributed by atoms with Crippen LogP contribution in [-0.2, 0) is 0 Å². The van der Waals surface area contributed by atoms with Crippen molar-refractivity contribution in [2.45, 2.75) is 26.7 Å². The second-order valence-electron chi connectivity index (χ2n) is 5.53. The second kappa shape index (κ2) is 7.53. The smallest absolute Gasteiger partial charge is 0.251 e. The Bertz CT molecular complexity index is 460. The van der Waals surface area contributed by atoms with Gasteiger partial charge in [0.25, 0.3) is 5.91 Å². The summed E-state index contributed by atoms with van der Waals surface area (Å²) in [4.78, 5) is 12.0. The first kappa shape index (κ1) is 16.8. The van der Waals surface area contributed by atoms with E-state index in [1.807, 2.05) is 0 Å². The minimum Gasteiger partial charge on any atom is -0.504 e. The van der Waals surface area contributed by atoms with Gasteiger partial charge in [-0.3, -0.25) is 4.79 Å². The summed E-state index contributed by atoms with van der Waals surface area (Å²) < 4.78 is 4.95. The van der Waals surface area contributed by atoms with Gasteiger partial charge in [-0.25, -0.2) is 0 Å². The average Bonchev–Trinajstić information content (AvgIpc) is 2.42. The molecular weight excluding hydrogens is 322 g/mol. The number of phenols is 1. The molecule has 0 aliphatic carbocycles. The molecule has 0 atom stereocenters. The summed E-state index contributed by atoms with van der Waals surface area (Å²) in [7, 11) is 1.47. The third kappa shape index (κ3) is 5.04. The van der Waals surface area contributed by atoms with E-state index in [2.05, 4.69) is 35.1 Å². The molecule has 5 heteroatoms. The minimum atomic E-state index is -0.185. The fourth-order valence-corrected chi connectivity index (χ4v) is 2.17. The van der Waals surface area contributed by atoms with Gasteiger partial charge < -0.3 is 15.2 Å². The van der Waals surface area contributed by atoms with E-state index < -0.39 is 0 Å². The van der Waals surface area contributed by atoms with Crippen molar-refractivity contribution in [3.05, 3.63) is 23.8 Å². The first-order valence-electron chi connectivity index (χ1n) is 6.61. The topological polar surface area (TPSA) is 58.6 Å². The number of alkyl halides is 1. The van der Waals surface area contributed by atoms with Crippen molar-refractivity contribution in [1.29, 1.82) is 0 Å². The zero-order valence-electron chi connectivity index (χ0n) is 12.2. The van der Waals surface area contributed by atoms with Gasteiger partial charge >= 0.3 is 0 Å². The van der Waals surface area contributed by atoms with E-state index in [0.29, 0.717) is 17.9 Å². The fraction of sp³-hybridized carbons (Fsp3) is 0.533. The fourth-order valence-electron chi connectivity index (χ4n) is 1.89. The quantitative estimate of drug-likeness (QED) is 0.746. The Kier molecular flexibility index (Phi) is 6.33. The lowest BCUT2D eigenvalue weighted by molar-refractivity contribution is 0.0934. The maximum Gasteiger partial charge on any atom is 0.251 e. The molecule has 0 fully saturated rings. The maximum absolute atomic E-state index is 12.0. The number of rotatable bonds is 7. The van der Waals surface area contributed by atoms with E-state index in [0.717, 1.165) is 18.2 Å². The van der Waals surface area contributed by atoms with Crippen LogP contribution in [0.3, 0.4) is 0 Å². The van der Waals surface area contributed by atoms with Crippen LogP contribution in [0.4, 0.5) is 0 Å². The van der Waals surface area contributed by atoms with Gasteiger partial charge in [0.1, 0.15) is 0 Å². The lowest BCUT2D eigenvalue weighted by atomic mass is 9.88. The molecule has 2 N–H and O–H groups in total. The van der Waals surface area contributed by atoms with Gasteiger partial charge in [-0.05, 0) is 36.5 Å². The molecule has 1 aromatic carbocycles. The van der Waals surface area contributed by atoms with Crippen molar-refractivity contribution < 1.29 is 14.6 Å². The lowest BCUT2D eigenvalue weighted by Gasteiger charge is -2.24. The summed E-state index contributed by atoms with van der Waals surface area (Å²) in [5, 5.41) is 13.5. The highest BCUT2D eigenvalue weighted by Crippen LogP contribution is 2.26. The molecule has 0 aromatic heterocycles. The highest BCUT2D eigenvalue weighted by atomic mass is 79.9. The van der Waals surface area contributed by atoms with Crippen LogP contribution in [0.5, 0.6) is 11.5 Å². The third-order valence-corrected chi connectivity index (χ3v) is 3.72. The molecule has 0 heterocycles. The number of aromatic hydroxyl groups is 1. The minimum absolute atomic E-state index is 0.0290. The molecule has 0 spiro atoms. The van der Waals surface area contributed by atoms with Crippen molar-refractivity contribution in [3.8, 4) is 11.5 Å². The Morgan fingerprint density at radius 3 is 2.70 bits per heavy atom. The van der Waals surface area contributed by atoms with Gasteiger partial charge in [0.15, 0.2) is 11.5 Å².